The molecule has 2 rings (SSSR count). The standard InChI is InChI=1S/C13H17F3N2O2S/c1-9(7-13(14,15)16)18-21(19,20)12-4-2-3-10-8-17-6-5-11(10)12/h2-4,9,17-18H,5-8H2,1H3. The summed E-state index contributed by atoms with van der Waals surface area (Å²) in [7, 11) is -3.95. The minimum atomic E-state index is -4.40. The topological polar surface area (TPSA) is 58.2 Å². The van der Waals surface area contributed by atoms with Crippen molar-refractivity contribution >= 4 is 10.0 Å². The highest BCUT2D eigenvalue weighted by molar-refractivity contribution is 7.89. The summed E-state index contributed by atoms with van der Waals surface area (Å²) in [5.41, 5.74) is 1.55. The fraction of sp³-hybridized carbons (Fsp3) is 0.538. The average Bonchev–Trinajstić information content (AvgIpc) is 2.35. The largest absolute Gasteiger partial charge is 0.390 e. The number of fused-ring (bicyclic) bond motifs is 1. The SMILES string of the molecule is CC(CC(F)(F)F)NS(=O)(=O)c1cccc2c1CCNC2. The maximum Gasteiger partial charge on any atom is 0.390 e. The lowest BCUT2D eigenvalue weighted by Gasteiger charge is -2.22. The monoisotopic (exact) mass is 322 g/mol. The molecule has 1 heterocycles. The quantitative estimate of drug-likeness (QED) is 0.891. The predicted octanol–water partition coefficient (Wildman–Crippen LogP) is 1.95. The van der Waals surface area contributed by atoms with E-state index in [9.17, 15) is 21.6 Å². The Hall–Kier alpha value is -1.12. The first-order chi connectivity index (χ1) is 9.69. The molecule has 4 nitrogen and oxygen atoms in total. The zero-order valence-electron chi connectivity index (χ0n) is 11.5. The molecule has 1 unspecified atom stereocenters. The van der Waals surface area contributed by atoms with E-state index in [4.69, 9.17) is 0 Å². The van der Waals surface area contributed by atoms with Gasteiger partial charge < -0.3 is 5.32 Å². The molecule has 118 valence electrons. The summed E-state index contributed by atoms with van der Waals surface area (Å²) >= 11 is 0. The first-order valence-electron chi connectivity index (χ1n) is 6.59. The molecular formula is C13H17F3N2O2S. The van der Waals surface area contributed by atoms with E-state index in [1.807, 2.05) is 6.07 Å². The smallest absolute Gasteiger partial charge is 0.312 e. The highest BCUT2D eigenvalue weighted by Gasteiger charge is 2.32. The molecule has 1 aromatic carbocycles. The molecule has 0 radical (unpaired) electrons. The third-order valence-corrected chi connectivity index (χ3v) is 4.95. The van der Waals surface area contributed by atoms with Crippen molar-refractivity contribution in [3.63, 3.8) is 0 Å². The molecule has 1 aliphatic heterocycles. The van der Waals surface area contributed by atoms with Gasteiger partial charge in [-0.1, -0.05) is 12.1 Å². The molecule has 0 aromatic heterocycles. The number of hydrogen-bond acceptors (Lipinski definition) is 3. The van der Waals surface area contributed by atoms with Crippen LogP contribution >= 0.6 is 0 Å². The van der Waals surface area contributed by atoms with E-state index in [2.05, 4.69) is 10.0 Å². The van der Waals surface area contributed by atoms with Gasteiger partial charge in [-0.05, 0) is 37.1 Å². The van der Waals surface area contributed by atoms with Gasteiger partial charge in [-0.25, -0.2) is 13.1 Å². The molecule has 1 atom stereocenters. The van der Waals surface area contributed by atoms with Crippen LogP contribution in [0.25, 0.3) is 0 Å². The molecule has 1 aromatic rings. The summed E-state index contributed by atoms with van der Waals surface area (Å²) in [4.78, 5) is 0.0792. The second-order valence-corrected chi connectivity index (χ2v) is 6.84. The normalized spacial score (nSPS) is 17.3. The summed E-state index contributed by atoms with van der Waals surface area (Å²) in [5.74, 6) is 0. The van der Waals surface area contributed by atoms with Gasteiger partial charge in [-0.15, -0.1) is 0 Å². The molecule has 0 amide bonds. The van der Waals surface area contributed by atoms with E-state index in [1.54, 1.807) is 6.07 Å². The van der Waals surface area contributed by atoms with Gasteiger partial charge in [-0.2, -0.15) is 13.2 Å². The van der Waals surface area contributed by atoms with Crippen LogP contribution in [-0.4, -0.2) is 27.2 Å². The van der Waals surface area contributed by atoms with Crippen molar-refractivity contribution in [3.8, 4) is 0 Å². The van der Waals surface area contributed by atoms with Gasteiger partial charge in [0.05, 0.1) is 11.3 Å². The zero-order chi connectivity index (χ0) is 15.7. The predicted molar refractivity (Wildman–Crippen MR) is 72.3 cm³/mol. The van der Waals surface area contributed by atoms with Gasteiger partial charge in [0.15, 0.2) is 0 Å². The molecule has 21 heavy (non-hydrogen) atoms. The van der Waals surface area contributed by atoms with Crippen LogP contribution in [0.5, 0.6) is 0 Å². The van der Waals surface area contributed by atoms with Gasteiger partial charge in [0.25, 0.3) is 0 Å². The van der Waals surface area contributed by atoms with Gasteiger partial charge in [0, 0.05) is 12.6 Å². The number of hydrogen-bond donors (Lipinski definition) is 2. The van der Waals surface area contributed by atoms with E-state index < -0.39 is 28.7 Å². The van der Waals surface area contributed by atoms with Crippen LogP contribution in [-0.2, 0) is 23.0 Å². The van der Waals surface area contributed by atoms with Crippen LogP contribution in [0.4, 0.5) is 13.2 Å². The van der Waals surface area contributed by atoms with Crippen molar-refractivity contribution in [2.75, 3.05) is 6.54 Å². The van der Waals surface area contributed by atoms with Gasteiger partial charge in [-0.3, -0.25) is 0 Å². The second kappa shape index (κ2) is 5.94. The van der Waals surface area contributed by atoms with Crippen LogP contribution in [0.3, 0.4) is 0 Å². The van der Waals surface area contributed by atoms with E-state index in [-0.39, 0.29) is 4.90 Å². The van der Waals surface area contributed by atoms with Crippen molar-refractivity contribution in [1.29, 1.82) is 0 Å². The molecule has 0 aliphatic carbocycles. The van der Waals surface area contributed by atoms with E-state index in [0.717, 1.165) is 5.56 Å². The number of rotatable bonds is 4. The Kier molecular flexibility index (Phi) is 4.60. The van der Waals surface area contributed by atoms with Crippen LogP contribution in [0.1, 0.15) is 24.5 Å². The third kappa shape index (κ3) is 4.18. The van der Waals surface area contributed by atoms with Crippen LogP contribution in [0, 0.1) is 0 Å². The summed E-state index contributed by atoms with van der Waals surface area (Å²) < 4.78 is 63.7. The maximum atomic E-state index is 12.3. The van der Waals surface area contributed by atoms with E-state index in [0.29, 0.717) is 25.1 Å². The minimum absolute atomic E-state index is 0.0792. The summed E-state index contributed by atoms with van der Waals surface area (Å²) in [6, 6.07) is 3.66. The molecule has 1 aliphatic rings. The van der Waals surface area contributed by atoms with Crippen LogP contribution in [0.2, 0.25) is 0 Å². The molecule has 0 bridgehead atoms. The Morgan fingerprint density at radius 1 is 1.38 bits per heavy atom. The fourth-order valence-corrected chi connectivity index (χ4v) is 4.02. The molecule has 0 fully saturated rings. The molecule has 8 heteroatoms. The van der Waals surface area contributed by atoms with E-state index >= 15 is 0 Å². The number of nitrogens with one attached hydrogen (secondary N) is 2. The van der Waals surface area contributed by atoms with Gasteiger partial charge in [0.1, 0.15) is 0 Å². The highest BCUT2D eigenvalue weighted by atomic mass is 32.2. The van der Waals surface area contributed by atoms with Gasteiger partial charge in [0.2, 0.25) is 10.0 Å². The molecular weight excluding hydrogens is 305 g/mol. The first-order valence-corrected chi connectivity index (χ1v) is 8.08. The summed E-state index contributed by atoms with van der Waals surface area (Å²) in [5, 5.41) is 3.13. The van der Waals surface area contributed by atoms with Crippen molar-refractivity contribution in [2.45, 2.75) is 43.4 Å². The minimum Gasteiger partial charge on any atom is -0.312 e. The number of alkyl halides is 3. The molecule has 0 saturated heterocycles. The Morgan fingerprint density at radius 3 is 2.76 bits per heavy atom. The lowest BCUT2D eigenvalue weighted by atomic mass is 10.0. The summed E-state index contributed by atoms with van der Waals surface area (Å²) in [6.07, 6.45) is -5.05. The Labute approximate surface area is 121 Å². The lowest BCUT2D eigenvalue weighted by Crippen LogP contribution is -2.37. The van der Waals surface area contributed by atoms with Crippen molar-refractivity contribution in [2.24, 2.45) is 0 Å². The lowest BCUT2D eigenvalue weighted by molar-refractivity contribution is -0.137. The number of halogens is 3. The average molecular weight is 322 g/mol. The van der Waals surface area contributed by atoms with E-state index in [1.165, 1.54) is 13.0 Å². The van der Waals surface area contributed by atoms with Crippen molar-refractivity contribution in [3.05, 3.63) is 29.3 Å². The fourth-order valence-electron chi connectivity index (χ4n) is 2.47. The summed E-state index contributed by atoms with van der Waals surface area (Å²) in [6.45, 7) is 2.43. The van der Waals surface area contributed by atoms with Crippen LogP contribution < -0.4 is 10.0 Å². The number of benzene rings is 1. The Morgan fingerprint density at radius 2 is 2.10 bits per heavy atom. The van der Waals surface area contributed by atoms with Crippen LogP contribution in [0.15, 0.2) is 23.1 Å². The number of sulfonamides is 1. The van der Waals surface area contributed by atoms with Gasteiger partial charge >= 0.3 is 6.18 Å². The molecule has 0 spiro atoms. The molecule has 2 N–H and O–H groups in total. The third-order valence-electron chi connectivity index (χ3n) is 3.28. The molecule has 0 saturated carbocycles. The highest BCUT2D eigenvalue weighted by Crippen LogP contribution is 2.25. The van der Waals surface area contributed by atoms with Crippen molar-refractivity contribution in [1.82, 2.24) is 10.0 Å². The Balaban J connectivity index is 2.24. The Bertz CT molecular complexity index is 614. The maximum absolute atomic E-state index is 12.3. The second-order valence-electron chi connectivity index (χ2n) is 5.16. The zero-order valence-corrected chi connectivity index (χ0v) is 12.3. The first kappa shape index (κ1) is 16.3. The van der Waals surface area contributed by atoms with Crippen molar-refractivity contribution < 1.29 is 21.6 Å².